The topological polar surface area (TPSA) is 43.1 Å². The highest BCUT2D eigenvalue weighted by molar-refractivity contribution is 5.37. The molecule has 0 unspecified atom stereocenters. The zero-order valence-electron chi connectivity index (χ0n) is 7.13. The van der Waals surface area contributed by atoms with E-state index in [1.807, 2.05) is 13.8 Å². The van der Waals surface area contributed by atoms with Crippen LogP contribution in [-0.2, 0) is 6.42 Å². The van der Waals surface area contributed by atoms with Gasteiger partial charge in [-0.3, -0.25) is 10.1 Å². The zero-order valence-corrected chi connectivity index (χ0v) is 7.13. The van der Waals surface area contributed by atoms with Gasteiger partial charge in [0.2, 0.25) is 0 Å². The van der Waals surface area contributed by atoms with Crippen LogP contribution in [0.15, 0.2) is 12.1 Å². The molecule has 0 heterocycles. The Kier molecular flexibility index (Phi) is 2.43. The Morgan fingerprint density at radius 3 is 2.75 bits per heavy atom. The first-order chi connectivity index (χ1) is 5.63. The largest absolute Gasteiger partial charge is 0.270 e. The average Bonchev–Trinajstić information content (AvgIpc) is 2.03. The van der Waals surface area contributed by atoms with Gasteiger partial charge in [-0.25, -0.2) is 0 Å². The smallest absolute Gasteiger partial charge is 0.258 e. The summed E-state index contributed by atoms with van der Waals surface area (Å²) in [6.45, 7) is 3.77. The number of nitrogens with zero attached hydrogens (tertiary/aromatic N) is 1. The molecular formula is C9H10NO2. The van der Waals surface area contributed by atoms with Crippen molar-refractivity contribution in [3.05, 3.63) is 39.4 Å². The minimum absolute atomic E-state index is 0.156. The van der Waals surface area contributed by atoms with E-state index >= 15 is 0 Å². The predicted octanol–water partition coefficient (Wildman–Crippen LogP) is 2.27. The quantitative estimate of drug-likeness (QED) is 0.497. The van der Waals surface area contributed by atoms with E-state index < -0.39 is 0 Å². The first kappa shape index (κ1) is 8.71. The predicted molar refractivity (Wildman–Crippen MR) is 46.0 cm³/mol. The molecule has 0 bridgehead atoms. The molecule has 63 valence electrons. The van der Waals surface area contributed by atoms with Crippen molar-refractivity contribution in [2.24, 2.45) is 0 Å². The summed E-state index contributed by atoms with van der Waals surface area (Å²) < 4.78 is 0. The lowest BCUT2D eigenvalue weighted by atomic mass is 10.1. The SMILES string of the molecule is CCc1[c]c(C)cc([N+](=O)[O-])c1. The van der Waals surface area contributed by atoms with Gasteiger partial charge in [0.25, 0.3) is 5.69 Å². The van der Waals surface area contributed by atoms with Gasteiger partial charge in [-0.1, -0.05) is 6.92 Å². The fourth-order valence-corrected chi connectivity index (χ4v) is 1.06. The van der Waals surface area contributed by atoms with Gasteiger partial charge in [-0.15, -0.1) is 0 Å². The molecule has 0 aliphatic rings. The van der Waals surface area contributed by atoms with Gasteiger partial charge in [-0.2, -0.15) is 0 Å². The molecule has 1 rings (SSSR count). The Morgan fingerprint density at radius 2 is 2.25 bits per heavy atom. The van der Waals surface area contributed by atoms with Crippen LogP contribution < -0.4 is 0 Å². The highest BCUT2D eigenvalue weighted by Crippen LogP contribution is 2.16. The third kappa shape index (κ3) is 1.81. The number of rotatable bonds is 2. The van der Waals surface area contributed by atoms with E-state index in [4.69, 9.17) is 0 Å². The van der Waals surface area contributed by atoms with Crippen molar-refractivity contribution in [1.29, 1.82) is 0 Å². The van der Waals surface area contributed by atoms with Crippen LogP contribution in [0.3, 0.4) is 0 Å². The summed E-state index contributed by atoms with van der Waals surface area (Å²) in [5, 5.41) is 10.4. The molecule has 0 saturated heterocycles. The first-order valence-corrected chi connectivity index (χ1v) is 3.80. The van der Waals surface area contributed by atoms with E-state index in [9.17, 15) is 10.1 Å². The number of non-ortho nitro benzene ring substituents is 1. The normalized spacial score (nSPS) is 9.83. The zero-order chi connectivity index (χ0) is 9.14. The molecule has 1 aromatic rings. The van der Waals surface area contributed by atoms with Crippen molar-refractivity contribution in [2.45, 2.75) is 20.3 Å². The maximum Gasteiger partial charge on any atom is 0.270 e. The minimum atomic E-state index is -0.375. The first-order valence-electron chi connectivity index (χ1n) is 3.80. The van der Waals surface area contributed by atoms with Crippen LogP contribution in [0.2, 0.25) is 0 Å². The van der Waals surface area contributed by atoms with Crippen molar-refractivity contribution in [1.82, 2.24) is 0 Å². The molecule has 0 aliphatic heterocycles. The molecule has 0 N–H and O–H groups in total. The average molecular weight is 164 g/mol. The molecule has 0 fully saturated rings. The number of hydrogen-bond acceptors (Lipinski definition) is 2. The molecule has 0 atom stereocenters. The maximum atomic E-state index is 10.4. The van der Waals surface area contributed by atoms with Crippen LogP contribution in [-0.4, -0.2) is 4.92 Å². The Bertz CT molecular complexity index is 307. The van der Waals surface area contributed by atoms with Crippen LogP contribution in [0.1, 0.15) is 18.1 Å². The van der Waals surface area contributed by atoms with E-state index in [1.165, 1.54) is 6.07 Å². The van der Waals surface area contributed by atoms with Gasteiger partial charge in [0.1, 0.15) is 0 Å². The van der Waals surface area contributed by atoms with Crippen LogP contribution in [0.5, 0.6) is 0 Å². The Balaban J connectivity index is 3.15. The standard InChI is InChI=1S/C9H10NO2/c1-3-8-4-7(2)5-9(6-8)10(11)12/h5-6H,3H2,1-2H3. The Hall–Kier alpha value is -1.38. The summed E-state index contributed by atoms with van der Waals surface area (Å²) >= 11 is 0. The summed E-state index contributed by atoms with van der Waals surface area (Å²) in [5.74, 6) is 0. The lowest BCUT2D eigenvalue weighted by Gasteiger charge is -1.97. The van der Waals surface area contributed by atoms with Gasteiger partial charge in [0.15, 0.2) is 0 Å². The summed E-state index contributed by atoms with van der Waals surface area (Å²) in [6, 6.07) is 6.14. The molecule has 0 aliphatic carbocycles. The van der Waals surface area contributed by atoms with Gasteiger partial charge in [0.05, 0.1) is 4.92 Å². The summed E-state index contributed by atoms with van der Waals surface area (Å²) in [4.78, 5) is 10.0. The molecule has 1 aromatic carbocycles. The maximum absolute atomic E-state index is 10.4. The molecule has 0 spiro atoms. The van der Waals surface area contributed by atoms with E-state index in [-0.39, 0.29) is 10.6 Å². The van der Waals surface area contributed by atoms with Crippen LogP contribution in [0.25, 0.3) is 0 Å². The van der Waals surface area contributed by atoms with Gasteiger partial charge in [-0.05, 0) is 30.5 Å². The summed E-state index contributed by atoms with van der Waals surface area (Å²) in [5.41, 5.74) is 1.87. The lowest BCUT2D eigenvalue weighted by Crippen LogP contribution is -1.91. The number of aryl methyl sites for hydroxylation is 2. The van der Waals surface area contributed by atoms with Crippen LogP contribution in [0.4, 0.5) is 5.69 Å². The molecule has 3 nitrogen and oxygen atoms in total. The van der Waals surface area contributed by atoms with Gasteiger partial charge >= 0.3 is 0 Å². The number of nitro groups is 1. The number of benzene rings is 1. The number of nitro benzene ring substituents is 1. The summed E-state index contributed by atoms with van der Waals surface area (Å²) in [6.07, 6.45) is 0.780. The molecule has 3 heteroatoms. The Labute approximate surface area is 71.2 Å². The molecular weight excluding hydrogens is 154 g/mol. The lowest BCUT2D eigenvalue weighted by molar-refractivity contribution is -0.385. The molecule has 0 aromatic heterocycles. The highest BCUT2D eigenvalue weighted by atomic mass is 16.6. The second kappa shape index (κ2) is 3.34. The van der Waals surface area contributed by atoms with Crippen molar-refractivity contribution in [2.75, 3.05) is 0 Å². The van der Waals surface area contributed by atoms with Crippen molar-refractivity contribution in [3.8, 4) is 0 Å². The second-order valence-corrected chi connectivity index (χ2v) is 2.66. The van der Waals surface area contributed by atoms with Crippen molar-refractivity contribution >= 4 is 5.69 Å². The van der Waals surface area contributed by atoms with Crippen molar-refractivity contribution < 1.29 is 4.92 Å². The monoisotopic (exact) mass is 164 g/mol. The molecule has 0 amide bonds. The van der Waals surface area contributed by atoms with E-state index in [1.54, 1.807) is 6.07 Å². The summed E-state index contributed by atoms with van der Waals surface area (Å²) in [7, 11) is 0. The van der Waals surface area contributed by atoms with E-state index in [2.05, 4.69) is 6.07 Å². The highest BCUT2D eigenvalue weighted by Gasteiger charge is 2.06. The molecule has 12 heavy (non-hydrogen) atoms. The Morgan fingerprint density at radius 1 is 1.58 bits per heavy atom. The number of hydrogen-bond donors (Lipinski definition) is 0. The van der Waals surface area contributed by atoms with Gasteiger partial charge in [0, 0.05) is 12.1 Å². The molecule has 0 saturated carbocycles. The fraction of sp³-hybridized carbons (Fsp3) is 0.333. The van der Waals surface area contributed by atoms with E-state index in [0.717, 1.165) is 17.5 Å². The van der Waals surface area contributed by atoms with E-state index in [0.29, 0.717) is 0 Å². The van der Waals surface area contributed by atoms with Crippen molar-refractivity contribution in [3.63, 3.8) is 0 Å². The van der Waals surface area contributed by atoms with Gasteiger partial charge < -0.3 is 0 Å². The van der Waals surface area contributed by atoms with Crippen LogP contribution in [0, 0.1) is 23.1 Å². The second-order valence-electron chi connectivity index (χ2n) is 2.66. The third-order valence-electron chi connectivity index (χ3n) is 1.64. The third-order valence-corrected chi connectivity index (χ3v) is 1.64. The fourth-order valence-electron chi connectivity index (χ4n) is 1.06. The van der Waals surface area contributed by atoms with Crippen LogP contribution >= 0.6 is 0 Å². The molecule has 1 radical (unpaired) electrons. The minimum Gasteiger partial charge on any atom is -0.258 e.